The Balaban J connectivity index is 1.63. The number of carbonyl (C=O) groups excluding carboxylic acids is 1. The lowest BCUT2D eigenvalue weighted by Gasteiger charge is -2.28. The maximum Gasteiger partial charge on any atom is 0.339 e. The van der Waals surface area contributed by atoms with Crippen LogP contribution in [0.4, 0.5) is 27.6 Å². The molecule has 1 aliphatic rings. The van der Waals surface area contributed by atoms with Gasteiger partial charge in [0.25, 0.3) is 0 Å². The SMILES string of the molecule is CCCN(CC(=O)N(Cc1ccc(C2CCCCC2)cc1)c1ccc(C(=O)O)c(O)c1)Cc1c(F)c(F)c(F)c(F)c1F. The van der Waals surface area contributed by atoms with Crippen LogP contribution in [0.3, 0.4) is 0 Å². The molecule has 0 aromatic heterocycles. The molecule has 3 aromatic carbocycles. The van der Waals surface area contributed by atoms with Crippen molar-refractivity contribution in [3.05, 3.63) is 93.8 Å². The van der Waals surface area contributed by atoms with Crippen LogP contribution in [0.1, 0.15) is 78.4 Å². The molecule has 0 bridgehead atoms. The first kappa shape index (κ1) is 31.9. The molecule has 1 fully saturated rings. The fraction of sp³-hybridized carbons (Fsp3) is 0.375. The lowest BCUT2D eigenvalue weighted by atomic mass is 9.84. The molecule has 11 heteroatoms. The van der Waals surface area contributed by atoms with E-state index in [2.05, 4.69) is 0 Å². The molecule has 3 aromatic rings. The highest BCUT2D eigenvalue weighted by molar-refractivity contribution is 5.97. The number of amides is 1. The van der Waals surface area contributed by atoms with Crippen LogP contribution < -0.4 is 4.90 Å². The number of hydrogen-bond acceptors (Lipinski definition) is 4. The number of hydrogen-bond donors (Lipinski definition) is 2. The Labute approximate surface area is 246 Å². The molecule has 6 nitrogen and oxygen atoms in total. The maximum absolute atomic E-state index is 14.4. The summed E-state index contributed by atoms with van der Waals surface area (Å²) in [5.74, 6) is -12.4. The molecular formula is C32H33F5N2O4. The van der Waals surface area contributed by atoms with Crippen LogP contribution in [-0.4, -0.2) is 40.1 Å². The fourth-order valence-electron chi connectivity index (χ4n) is 5.53. The quantitative estimate of drug-likeness (QED) is 0.137. The lowest BCUT2D eigenvalue weighted by Crippen LogP contribution is -2.40. The van der Waals surface area contributed by atoms with Gasteiger partial charge < -0.3 is 15.1 Å². The van der Waals surface area contributed by atoms with Crippen molar-refractivity contribution >= 4 is 17.6 Å². The van der Waals surface area contributed by atoms with Gasteiger partial charge in [-0.3, -0.25) is 9.69 Å². The van der Waals surface area contributed by atoms with Crippen molar-refractivity contribution in [1.29, 1.82) is 0 Å². The monoisotopic (exact) mass is 604 g/mol. The number of benzene rings is 3. The summed E-state index contributed by atoms with van der Waals surface area (Å²) in [6.45, 7) is 0.647. The average Bonchev–Trinajstić information content (AvgIpc) is 3.00. The Morgan fingerprint density at radius 1 is 0.837 bits per heavy atom. The van der Waals surface area contributed by atoms with Gasteiger partial charge in [0.1, 0.15) is 11.3 Å². The van der Waals surface area contributed by atoms with E-state index in [-0.39, 0.29) is 24.3 Å². The van der Waals surface area contributed by atoms with E-state index in [1.165, 1.54) is 40.7 Å². The predicted octanol–water partition coefficient (Wildman–Crippen LogP) is 7.28. The first-order valence-electron chi connectivity index (χ1n) is 14.2. The minimum absolute atomic E-state index is 0.0120. The van der Waals surface area contributed by atoms with Crippen LogP contribution in [0.25, 0.3) is 0 Å². The molecule has 0 heterocycles. The number of phenols is 1. The number of carbonyl (C=O) groups is 2. The Morgan fingerprint density at radius 2 is 1.44 bits per heavy atom. The number of rotatable bonds is 11. The summed E-state index contributed by atoms with van der Waals surface area (Å²) >= 11 is 0. The van der Waals surface area contributed by atoms with Crippen molar-refractivity contribution in [2.75, 3.05) is 18.0 Å². The molecule has 0 atom stereocenters. The largest absolute Gasteiger partial charge is 0.507 e. The number of aromatic carboxylic acids is 1. The summed E-state index contributed by atoms with van der Waals surface area (Å²) in [4.78, 5) is 27.7. The summed E-state index contributed by atoms with van der Waals surface area (Å²) in [6, 6.07) is 11.4. The molecule has 0 saturated heterocycles. The second kappa shape index (κ2) is 14.0. The third kappa shape index (κ3) is 7.33. The van der Waals surface area contributed by atoms with E-state index in [1.54, 1.807) is 6.92 Å². The second-order valence-corrected chi connectivity index (χ2v) is 10.8. The van der Waals surface area contributed by atoms with Gasteiger partial charge in [-0.1, -0.05) is 50.5 Å². The van der Waals surface area contributed by atoms with Gasteiger partial charge in [-0.2, -0.15) is 0 Å². The Morgan fingerprint density at radius 3 is 2.00 bits per heavy atom. The van der Waals surface area contributed by atoms with Crippen LogP contribution in [-0.2, 0) is 17.9 Å². The standard InChI is InChI=1S/C32H33F5N2O4/c1-2-14-38(17-24-27(33)29(35)31(37)30(36)28(24)34)18-26(41)39(22-12-13-23(32(42)43)25(40)15-22)16-19-8-10-21(11-9-19)20-6-4-3-5-7-20/h8-13,15,20,40H,2-7,14,16-18H2,1H3,(H,42,43). The van der Waals surface area contributed by atoms with Crippen LogP contribution in [0.15, 0.2) is 42.5 Å². The van der Waals surface area contributed by atoms with Gasteiger partial charge in [-0.15, -0.1) is 0 Å². The van der Waals surface area contributed by atoms with Gasteiger partial charge in [0.2, 0.25) is 11.7 Å². The van der Waals surface area contributed by atoms with E-state index in [1.807, 2.05) is 24.3 Å². The van der Waals surface area contributed by atoms with Crippen molar-refractivity contribution in [3.8, 4) is 5.75 Å². The first-order chi connectivity index (χ1) is 20.5. The first-order valence-corrected chi connectivity index (χ1v) is 14.2. The molecule has 1 saturated carbocycles. The second-order valence-electron chi connectivity index (χ2n) is 10.8. The van der Waals surface area contributed by atoms with E-state index in [0.717, 1.165) is 30.5 Å². The molecule has 4 rings (SSSR count). The number of carboxylic acids is 1. The highest BCUT2D eigenvalue weighted by atomic mass is 19.2. The van der Waals surface area contributed by atoms with Crippen LogP contribution >= 0.6 is 0 Å². The molecule has 2 N–H and O–H groups in total. The Kier molecular flexibility index (Phi) is 10.4. The maximum atomic E-state index is 14.4. The van der Waals surface area contributed by atoms with Crippen molar-refractivity contribution in [2.45, 2.75) is 64.5 Å². The molecule has 230 valence electrons. The zero-order chi connectivity index (χ0) is 31.3. The third-order valence-electron chi connectivity index (χ3n) is 7.80. The smallest absolute Gasteiger partial charge is 0.339 e. The van der Waals surface area contributed by atoms with Crippen molar-refractivity contribution in [2.24, 2.45) is 0 Å². The van der Waals surface area contributed by atoms with E-state index in [4.69, 9.17) is 0 Å². The molecule has 1 aliphatic carbocycles. The van der Waals surface area contributed by atoms with Crippen LogP contribution in [0.5, 0.6) is 5.75 Å². The molecular weight excluding hydrogens is 571 g/mol. The van der Waals surface area contributed by atoms with Gasteiger partial charge in [0.05, 0.1) is 13.1 Å². The minimum Gasteiger partial charge on any atom is -0.507 e. The summed E-state index contributed by atoms with van der Waals surface area (Å²) < 4.78 is 70.2. The number of nitrogens with zero attached hydrogens (tertiary/aromatic N) is 2. The van der Waals surface area contributed by atoms with Crippen LogP contribution in [0, 0.1) is 29.1 Å². The Hall–Kier alpha value is -3.99. The summed E-state index contributed by atoms with van der Waals surface area (Å²) in [7, 11) is 0. The molecule has 0 aliphatic heterocycles. The van der Waals surface area contributed by atoms with Gasteiger partial charge in [0.15, 0.2) is 23.3 Å². The molecule has 1 amide bonds. The Bertz CT molecular complexity index is 1450. The molecule has 0 unspecified atom stereocenters. The van der Waals surface area contributed by atoms with Crippen molar-refractivity contribution < 1.29 is 41.8 Å². The summed E-state index contributed by atoms with van der Waals surface area (Å²) in [6.07, 6.45) is 6.18. The predicted molar refractivity (Wildman–Crippen MR) is 150 cm³/mol. The van der Waals surface area contributed by atoms with Crippen molar-refractivity contribution in [1.82, 2.24) is 4.90 Å². The number of anilines is 1. The summed E-state index contributed by atoms with van der Waals surface area (Å²) in [5, 5.41) is 19.6. The van der Waals surface area contributed by atoms with E-state index < -0.39 is 65.4 Å². The fourth-order valence-corrected chi connectivity index (χ4v) is 5.53. The third-order valence-corrected chi connectivity index (χ3v) is 7.80. The van der Waals surface area contributed by atoms with Gasteiger partial charge in [-0.05, 0) is 55.0 Å². The normalized spacial score (nSPS) is 13.8. The number of carboxylic acid groups (broad SMARTS) is 1. The zero-order valence-corrected chi connectivity index (χ0v) is 23.7. The van der Waals surface area contributed by atoms with E-state index >= 15 is 0 Å². The lowest BCUT2D eigenvalue weighted by molar-refractivity contribution is -0.120. The average molecular weight is 605 g/mol. The molecule has 43 heavy (non-hydrogen) atoms. The molecule has 0 spiro atoms. The van der Waals surface area contributed by atoms with Gasteiger partial charge in [0, 0.05) is 23.9 Å². The minimum atomic E-state index is -2.26. The highest BCUT2D eigenvalue weighted by Gasteiger charge is 2.28. The zero-order valence-electron chi connectivity index (χ0n) is 23.7. The highest BCUT2D eigenvalue weighted by Crippen LogP contribution is 2.33. The van der Waals surface area contributed by atoms with Crippen molar-refractivity contribution in [3.63, 3.8) is 0 Å². The molecule has 0 radical (unpaired) electrons. The summed E-state index contributed by atoms with van der Waals surface area (Å²) in [5.41, 5.74) is 0.674. The van der Waals surface area contributed by atoms with Gasteiger partial charge >= 0.3 is 5.97 Å². The van der Waals surface area contributed by atoms with E-state index in [9.17, 15) is 41.8 Å². The van der Waals surface area contributed by atoms with Crippen LogP contribution in [0.2, 0.25) is 0 Å². The number of aromatic hydroxyl groups is 1. The topological polar surface area (TPSA) is 81.1 Å². The van der Waals surface area contributed by atoms with Gasteiger partial charge in [-0.25, -0.2) is 26.7 Å². The van der Waals surface area contributed by atoms with E-state index in [0.29, 0.717) is 12.3 Å². The number of halogens is 5.